The summed E-state index contributed by atoms with van der Waals surface area (Å²) in [5, 5.41) is 11.2. The van der Waals surface area contributed by atoms with Gasteiger partial charge in [-0.05, 0) is 43.2 Å². The minimum atomic E-state index is -0.956. The molecule has 0 aliphatic rings. The number of hydrogen-bond acceptors (Lipinski definition) is 5. The molecule has 0 fully saturated rings. The molecule has 0 saturated carbocycles. The van der Waals surface area contributed by atoms with Crippen LogP contribution in [0.5, 0.6) is 23.0 Å². The molecule has 0 radical (unpaired) electrons. The summed E-state index contributed by atoms with van der Waals surface area (Å²) in [5.41, 5.74) is 3.00. The average molecular weight is 411 g/mol. The zero-order chi connectivity index (χ0) is 18.7. The van der Waals surface area contributed by atoms with Gasteiger partial charge in [0.05, 0.1) is 28.4 Å². The molecule has 2 aromatic rings. The summed E-state index contributed by atoms with van der Waals surface area (Å²) in [4.78, 5) is 0. The molecule has 0 heterocycles. The Kier molecular flexibility index (Phi) is 6.19. The number of halogens is 1. The zero-order valence-corrected chi connectivity index (χ0v) is 16.9. The number of aliphatic hydroxyl groups is 1. The summed E-state index contributed by atoms with van der Waals surface area (Å²) >= 11 is 3.51. The fraction of sp³-hybridized carbons (Fsp3) is 0.368. The van der Waals surface area contributed by atoms with Crippen molar-refractivity contribution in [3.63, 3.8) is 0 Å². The molecule has 0 amide bonds. The van der Waals surface area contributed by atoms with Crippen molar-refractivity contribution in [2.75, 3.05) is 28.4 Å². The molecule has 0 aliphatic heterocycles. The van der Waals surface area contributed by atoms with Crippen molar-refractivity contribution in [3.8, 4) is 23.0 Å². The second kappa shape index (κ2) is 7.97. The largest absolute Gasteiger partial charge is 0.496 e. The molecule has 6 heteroatoms. The van der Waals surface area contributed by atoms with Gasteiger partial charge in [0, 0.05) is 15.6 Å². The maximum atomic E-state index is 11.2. The van der Waals surface area contributed by atoms with Gasteiger partial charge in [-0.15, -0.1) is 0 Å². The third-order valence-electron chi connectivity index (χ3n) is 4.25. The first kappa shape index (κ1) is 19.4. The predicted octanol–water partition coefficient (Wildman–Crippen LogP) is 4.18. The summed E-state index contributed by atoms with van der Waals surface area (Å²) in [6, 6.07) is 5.53. The van der Waals surface area contributed by atoms with Crippen LogP contribution in [0, 0.1) is 13.8 Å². The van der Waals surface area contributed by atoms with Gasteiger partial charge in [0.1, 0.15) is 11.9 Å². The smallest absolute Gasteiger partial charge is 0.203 e. The lowest BCUT2D eigenvalue weighted by molar-refractivity contribution is 0.205. The third kappa shape index (κ3) is 3.41. The number of hydrogen-bond donors (Lipinski definition) is 1. The highest BCUT2D eigenvalue weighted by Gasteiger charge is 2.28. The molecule has 2 rings (SSSR count). The second-order valence-electron chi connectivity index (χ2n) is 5.57. The summed E-state index contributed by atoms with van der Waals surface area (Å²) < 4.78 is 22.7. The topological polar surface area (TPSA) is 57.2 Å². The maximum absolute atomic E-state index is 11.2. The van der Waals surface area contributed by atoms with E-state index in [1.807, 2.05) is 32.0 Å². The van der Waals surface area contributed by atoms with Crippen molar-refractivity contribution >= 4 is 15.9 Å². The minimum Gasteiger partial charge on any atom is -0.496 e. The van der Waals surface area contributed by atoms with E-state index in [1.54, 1.807) is 14.2 Å². The Bertz CT molecular complexity index is 773. The van der Waals surface area contributed by atoms with Crippen LogP contribution in [-0.2, 0) is 0 Å². The second-order valence-corrected chi connectivity index (χ2v) is 6.42. The summed E-state index contributed by atoms with van der Waals surface area (Å²) in [7, 11) is 6.22. The van der Waals surface area contributed by atoms with Crippen LogP contribution in [0.3, 0.4) is 0 Å². The molecule has 2 aromatic carbocycles. The summed E-state index contributed by atoms with van der Waals surface area (Å²) in [6.45, 7) is 3.82. The van der Waals surface area contributed by atoms with Gasteiger partial charge in [-0.2, -0.15) is 0 Å². The molecular weight excluding hydrogens is 388 g/mol. The van der Waals surface area contributed by atoms with E-state index < -0.39 is 6.10 Å². The van der Waals surface area contributed by atoms with Crippen molar-refractivity contribution < 1.29 is 24.1 Å². The maximum Gasteiger partial charge on any atom is 0.203 e. The lowest BCUT2D eigenvalue weighted by atomic mass is 9.92. The van der Waals surface area contributed by atoms with Crippen molar-refractivity contribution in [2.45, 2.75) is 20.0 Å². The van der Waals surface area contributed by atoms with Gasteiger partial charge in [-0.3, -0.25) is 0 Å². The molecule has 0 aromatic heterocycles. The van der Waals surface area contributed by atoms with Crippen molar-refractivity contribution in [1.29, 1.82) is 0 Å². The Morgan fingerprint density at radius 3 is 1.96 bits per heavy atom. The van der Waals surface area contributed by atoms with Crippen LogP contribution in [0.1, 0.15) is 28.4 Å². The first-order valence-electron chi connectivity index (χ1n) is 7.71. The van der Waals surface area contributed by atoms with Gasteiger partial charge in [-0.25, -0.2) is 0 Å². The zero-order valence-electron chi connectivity index (χ0n) is 15.3. The summed E-state index contributed by atoms with van der Waals surface area (Å²) in [6.07, 6.45) is -0.956. The number of benzene rings is 2. The highest BCUT2D eigenvalue weighted by Crippen LogP contribution is 2.47. The van der Waals surface area contributed by atoms with E-state index in [0.29, 0.717) is 34.1 Å². The van der Waals surface area contributed by atoms with Gasteiger partial charge in [-0.1, -0.05) is 15.9 Å². The predicted molar refractivity (Wildman–Crippen MR) is 100 cm³/mol. The summed E-state index contributed by atoms with van der Waals surface area (Å²) in [5.74, 6) is 2.03. The number of methoxy groups -OCH3 is 4. The Hall–Kier alpha value is -1.92. The minimum absolute atomic E-state index is 0.438. The Balaban J connectivity index is 2.77. The van der Waals surface area contributed by atoms with Crippen LogP contribution in [-0.4, -0.2) is 33.5 Å². The Morgan fingerprint density at radius 1 is 0.840 bits per heavy atom. The van der Waals surface area contributed by atoms with Crippen LogP contribution in [0.25, 0.3) is 0 Å². The van der Waals surface area contributed by atoms with E-state index in [4.69, 9.17) is 18.9 Å². The van der Waals surface area contributed by atoms with Crippen LogP contribution < -0.4 is 18.9 Å². The molecule has 0 bridgehead atoms. The van der Waals surface area contributed by atoms with E-state index in [-0.39, 0.29) is 0 Å². The molecule has 136 valence electrons. The van der Waals surface area contributed by atoms with Crippen molar-refractivity contribution in [3.05, 3.63) is 44.9 Å². The monoisotopic (exact) mass is 410 g/mol. The van der Waals surface area contributed by atoms with Gasteiger partial charge < -0.3 is 24.1 Å². The quantitative estimate of drug-likeness (QED) is 0.773. The normalized spacial score (nSPS) is 11.8. The first-order valence-corrected chi connectivity index (χ1v) is 8.51. The van der Waals surface area contributed by atoms with Gasteiger partial charge in [0.15, 0.2) is 11.5 Å². The fourth-order valence-electron chi connectivity index (χ4n) is 2.98. The van der Waals surface area contributed by atoms with E-state index >= 15 is 0 Å². The highest BCUT2D eigenvalue weighted by atomic mass is 79.9. The van der Waals surface area contributed by atoms with Crippen molar-refractivity contribution in [2.24, 2.45) is 0 Å². The number of aliphatic hydroxyl groups excluding tert-OH is 1. The van der Waals surface area contributed by atoms with Gasteiger partial charge in [0.25, 0.3) is 0 Å². The molecule has 5 nitrogen and oxygen atoms in total. The van der Waals surface area contributed by atoms with Crippen molar-refractivity contribution in [1.82, 2.24) is 0 Å². The van der Waals surface area contributed by atoms with Crippen LogP contribution in [0.4, 0.5) is 0 Å². The van der Waals surface area contributed by atoms with Gasteiger partial charge in [0.2, 0.25) is 5.75 Å². The number of ether oxygens (including phenoxy) is 4. The number of rotatable bonds is 6. The molecule has 1 N–H and O–H groups in total. The lowest BCUT2D eigenvalue weighted by Gasteiger charge is -2.24. The molecule has 0 aliphatic carbocycles. The van der Waals surface area contributed by atoms with E-state index in [0.717, 1.165) is 15.6 Å². The van der Waals surface area contributed by atoms with E-state index in [2.05, 4.69) is 15.9 Å². The molecule has 0 saturated heterocycles. The van der Waals surface area contributed by atoms with Gasteiger partial charge >= 0.3 is 0 Å². The van der Waals surface area contributed by atoms with E-state index in [9.17, 15) is 5.11 Å². The lowest BCUT2D eigenvalue weighted by Crippen LogP contribution is -2.10. The molecule has 25 heavy (non-hydrogen) atoms. The molecular formula is C19H23BrO5. The Labute approximate surface area is 156 Å². The Morgan fingerprint density at radius 2 is 1.44 bits per heavy atom. The highest BCUT2D eigenvalue weighted by molar-refractivity contribution is 9.10. The van der Waals surface area contributed by atoms with Crippen LogP contribution in [0.15, 0.2) is 22.7 Å². The molecule has 1 unspecified atom stereocenters. The number of aryl methyl sites for hydroxylation is 1. The van der Waals surface area contributed by atoms with Crippen LogP contribution >= 0.6 is 15.9 Å². The SMILES string of the molecule is COc1cc(C)c(C(O)c2c(OC)ccc(Br)c2C)c(OC)c1OC. The molecule has 1 atom stereocenters. The standard InChI is InChI=1S/C19H23BrO5/c1-10-9-14(23-4)18(24-5)19(25-6)15(10)17(21)16-11(2)12(20)7-8-13(16)22-3/h7-9,17,21H,1-6H3. The first-order chi connectivity index (χ1) is 11.9. The third-order valence-corrected chi connectivity index (χ3v) is 5.11. The molecule has 0 spiro atoms. The van der Waals surface area contributed by atoms with Crippen LogP contribution in [0.2, 0.25) is 0 Å². The fourth-order valence-corrected chi connectivity index (χ4v) is 3.33. The van der Waals surface area contributed by atoms with E-state index in [1.165, 1.54) is 14.2 Å². The average Bonchev–Trinajstić information content (AvgIpc) is 2.61.